The molecule has 2 aromatic rings. The van der Waals surface area contributed by atoms with Gasteiger partial charge in [-0.05, 0) is 25.6 Å². The zero-order chi connectivity index (χ0) is 17.6. The van der Waals surface area contributed by atoms with Crippen LogP contribution in [0.5, 0.6) is 0 Å². The number of hydrogen-bond donors (Lipinski definition) is 1. The van der Waals surface area contributed by atoms with Crippen molar-refractivity contribution in [1.29, 1.82) is 0 Å². The van der Waals surface area contributed by atoms with Gasteiger partial charge in [-0.25, -0.2) is 4.98 Å². The number of likely N-dealkylation sites (N-methyl/N-ethyl adjacent to an activating group) is 1. The maximum Gasteiger partial charge on any atom is 0.238 e. The molecule has 1 saturated heterocycles. The molecule has 25 heavy (non-hydrogen) atoms. The third-order valence-corrected chi connectivity index (χ3v) is 4.52. The van der Waals surface area contributed by atoms with Gasteiger partial charge in [-0.15, -0.1) is 0 Å². The minimum atomic E-state index is -0.00316. The van der Waals surface area contributed by atoms with Crippen LogP contribution in [0.25, 0.3) is 0 Å². The van der Waals surface area contributed by atoms with Gasteiger partial charge in [-0.3, -0.25) is 19.6 Å². The summed E-state index contributed by atoms with van der Waals surface area (Å²) in [6, 6.07) is 4.05. The van der Waals surface area contributed by atoms with E-state index < -0.39 is 0 Å². The number of carbonyl (C=O) groups excluding carboxylic acids is 1. The normalized spacial score (nSPS) is 18.0. The van der Waals surface area contributed by atoms with Crippen molar-refractivity contribution in [3.8, 4) is 0 Å². The van der Waals surface area contributed by atoms with Gasteiger partial charge in [-0.2, -0.15) is 0 Å². The van der Waals surface area contributed by atoms with Gasteiger partial charge in [-0.1, -0.05) is 6.92 Å². The molecule has 1 amide bonds. The van der Waals surface area contributed by atoms with E-state index in [1.807, 2.05) is 12.1 Å². The Bertz CT molecular complexity index is 688. The molecule has 3 rings (SSSR count). The average molecular weight is 343 g/mol. The zero-order valence-electron chi connectivity index (χ0n) is 14.8. The first-order valence-electron chi connectivity index (χ1n) is 8.70. The van der Waals surface area contributed by atoms with E-state index in [4.69, 9.17) is 4.42 Å². The average Bonchev–Trinajstić information content (AvgIpc) is 3.25. The van der Waals surface area contributed by atoms with Gasteiger partial charge in [0.15, 0.2) is 0 Å². The van der Waals surface area contributed by atoms with E-state index in [-0.39, 0.29) is 5.91 Å². The lowest BCUT2D eigenvalue weighted by atomic mass is 10.2. The van der Waals surface area contributed by atoms with E-state index in [1.54, 1.807) is 18.6 Å². The van der Waals surface area contributed by atoms with Crippen LogP contribution in [0.2, 0.25) is 0 Å². The van der Waals surface area contributed by atoms with E-state index >= 15 is 0 Å². The van der Waals surface area contributed by atoms with Crippen molar-refractivity contribution in [2.75, 3.05) is 32.0 Å². The first kappa shape index (κ1) is 17.6. The van der Waals surface area contributed by atoms with Crippen LogP contribution in [0.15, 0.2) is 35.1 Å². The standard InChI is InChI=1S/C18H25N5O2/c1-3-16-10-20-18(25-16)13-22(2)15-6-8-23(11-15)12-17(24)21-14-5-4-7-19-9-14/h4-5,7,9-10,15H,3,6,8,11-13H2,1-2H3,(H,21,24)/t15-/m1/s1. The van der Waals surface area contributed by atoms with E-state index in [0.29, 0.717) is 19.1 Å². The number of amides is 1. The summed E-state index contributed by atoms with van der Waals surface area (Å²) in [5.74, 6) is 1.67. The quantitative estimate of drug-likeness (QED) is 0.826. The molecule has 0 aliphatic carbocycles. The number of nitrogens with one attached hydrogen (secondary N) is 1. The highest BCUT2D eigenvalue weighted by Gasteiger charge is 2.27. The van der Waals surface area contributed by atoms with Gasteiger partial charge in [0, 0.05) is 31.7 Å². The van der Waals surface area contributed by atoms with Crippen LogP contribution in [0, 0.1) is 0 Å². The van der Waals surface area contributed by atoms with Crippen LogP contribution in [0.3, 0.4) is 0 Å². The fourth-order valence-electron chi connectivity index (χ4n) is 3.08. The SMILES string of the molecule is CCc1cnc(CN(C)[C@@H]2CCN(CC(=O)Nc3cccnc3)C2)o1. The number of pyridine rings is 1. The lowest BCUT2D eigenvalue weighted by Crippen LogP contribution is -2.36. The van der Waals surface area contributed by atoms with Crippen molar-refractivity contribution in [2.24, 2.45) is 0 Å². The second kappa shape index (κ2) is 8.22. The second-order valence-corrected chi connectivity index (χ2v) is 6.46. The lowest BCUT2D eigenvalue weighted by Gasteiger charge is -2.23. The summed E-state index contributed by atoms with van der Waals surface area (Å²) in [4.78, 5) is 24.9. The first-order valence-corrected chi connectivity index (χ1v) is 8.70. The second-order valence-electron chi connectivity index (χ2n) is 6.46. The minimum absolute atomic E-state index is 0.00316. The molecule has 0 saturated carbocycles. The molecule has 1 aliphatic heterocycles. The van der Waals surface area contributed by atoms with Crippen molar-refractivity contribution in [3.63, 3.8) is 0 Å². The third kappa shape index (κ3) is 4.87. The molecule has 0 aromatic carbocycles. The van der Waals surface area contributed by atoms with E-state index in [1.165, 1.54) is 0 Å². The molecule has 0 bridgehead atoms. The van der Waals surface area contributed by atoms with Crippen LogP contribution in [0.4, 0.5) is 5.69 Å². The molecule has 0 spiro atoms. The molecule has 1 fully saturated rings. The van der Waals surface area contributed by atoms with Gasteiger partial charge in [0.25, 0.3) is 0 Å². The predicted octanol–water partition coefficient (Wildman–Crippen LogP) is 1.78. The van der Waals surface area contributed by atoms with Gasteiger partial charge in [0.05, 0.1) is 31.2 Å². The molecular weight excluding hydrogens is 318 g/mol. The Morgan fingerprint density at radius 2 is 2.36 bits per heavy atom. The molecule has 7 nitrogen and oxygen atoms in total. The fourth-order valence-corrected chi connectivity index (χ4v) is 3.08. The fraction of sp³-hybridized carbons (Fsp3) is 0.500. The van der Waals surface area contributed by atoms with Crippen LogP contribution < -0.4 is 5.32 Å². The van der Waals surface area contributed by atoms with Crippen molar-refractivity contribution in [3.05, 3.63) is 42.4 Å². The minimum Gasteiger partial charge on any atom is -0.444 e. The summed E-state index contributed by atoms with van der Waals surface area (Å²) in [5.41, 5.74) is 0.732. The number of rotatable bonds is 7. The number of carbonyl (C=O) groups is 1. The summed E-state index contributed by atoms with van der Waals surface area (Å²) >= 11 is 0. The Morgan fingerprint density at radius 1 is 1.48 bits per heavy atom. The molecule has 3 heterocycles. The molecule has 0 unspecified atom stereocenters. The Kier molecular flexibility index (Phi) is 5.78. The molecule has 2 aromatic heterocycles. The number of anilines is 1. The Morgan fingerprint density at radius 3 is 3.08 bits per heavy atom. The number of aromatic nitrogens is 2. The van der Waals surface area contributed by atoms with E-state index in [9.17, 15) is 4.79 Å². The molecule has 1 aliphatic rings. The molecule has 1 N–H and O–H groups in total. The Balaban J connectivity index is 1.45. The summed E-state index contributed by atoms with van der Waals surface area (Å²) in [6.07, 6.45) is 7.04. The Hall–Kier alpha value is -2.25. The molecule has 1 atom stereocenters. The van der Waals surface area contributed by atoms with Crippen molar-refractivity contribution in [1.82, 2.24) is 19.8 Å². The highest BCUT2D eigenvalue weighted by atomic mass is 16.4. The molecular formula is C18H25N5O2. The number of hydrogen-bond acceptors (Lipinski definition) is 6. The smallest absolute Gasteiger partial charge is 0.238 e. The van der Waals surface area contributed by atoms with Crippen molar-refractivity contribution < 1.29 is 9.21 Å². The molecule has 7 heteroatoms. The van der Waals surface area contributed by atoms with Crippen LogP contribution in [0.1, 0.15) is 25.0 Å². The topological polar surface area (TPSA) is 74.5 Å². The third-order valence-electron chi connectivity index (χ3n) is 4.52. The number of aryl methyl sites for hydroxylation is 1. The van der Waals surface area contributed by atoms with Crippen molar-refractivity contribution >= 4 is 11.6 Å². The lowest BCUT2D eigenvalue weighted by molar-refractivity contribution is -0.117. The highest BCUT2D eigenvalue weighted by Crippen LogP contribution is 2.17. The number of oxazole rings is 1. The summed E-state index contributed by atoms with van der Waals surface area (Å²) in [5, 5.41) is 2.88. The molecule has 134 valence electrons. The van der Waals surface area contributed by atoms with Gasteiger partial charge >= 0.3 is 0 Å². The number of likely N-dealkylation sites (tertiary alicyclic amines) is 1. The molecule has 0 radical (unpaired) electrons. The summed E-state index contributed by atoms with van der Waals surface area (Å²) in [7, 11) is 2.08. The first-order chi connectivity index (χ1) is 12.1. The van der Waals surface area contributed by atoms with Crippen LogP contribution in [-0.2, 0) is 17.8 Å². The van der Waals surface area contributed by atoms with E-state index in [2.05, 4.69) is 39.1 Å². The Labute approximate surface area is 148 Å². The maximum atomic E-state index is 12.2. The van der Waals surface area contributed by atoms with Gasteiger partial charge in [0.2, 0.25) is 11.8 Å². The highest BCUT2D eigenvalue weighted by molar-refractivity contribution is 5.92. The van der Waals surface area contributed by atoms with Crippen LogP contribution in [-0.4, -0.2) is 58.4 Å². The zero-order valence-corrected chi connectivity index (χ0v) is 14.8. The number of nitrogens with zero attached hydrogens (tertiary/aromatic N) is 4. The monoisotopic (exact) mass is 343 g/mol. The largest absolute Gasteiger partial charge is 0.444 e. The van der Waals surface area contributed by atoms with Crippen molar-refractivity contribution in [2.45, 2.75) is 32.4 Å². The maximum absolute atomic E-state index is 12.2. The van der Waals surface area contributed by atoms with Crippen LogP contribution >= 0.6 is 0 Å². The summed E-state index contributed by atoms with van der Waals surface area (Å²) < 4.78 is 5.68. The predicted molar refractivity (Wildman–Crippen MR) is 95.1 cm³/mol. The van der Waals surface area contributed by atoms with Gasteiger partial charge < -0.3 is 9.73 Å². The summed E-state index contributed by atoms with van der Waals surface area (Å²) in [6.45, 7) is 4.94. The van der Waals surface area contributed by atoms with E-state index in [0.717, 1.165) is 43.3 Å². The van der Waals surface area contributed by atoms with Gasteiger partial charge in [0.1, 0.15) is 5.76 Å².